The highest BCUT2D eigenvalue weighted by Crippen LogP contribution is 2.15. The maximum Gasteiger partial charge on any atom is 0.303 e. The van der Waals surface area contributed by atoms with Crippen molar-refractivity contribution < 1.29 is 9.90 Å². The van der Waals surface area contributed by atoms with Crippen LogP contribution in [0.5, 0.6) is 0 Å². The Morgan fingerprint density at radius 1 is 1.58 bits per heavy atom. The highest BCUT2D eigenvalue weighted by atomic mass is 35.5. The minimum Gasteiger partial charge on any atom is -0.481 e. The molecule has 0 aromatic carbocycles. The molecule has 0 aromatic heterocycles. The van der Waals surface area contributed by atoms with Crippen LogP contribution in [0.2, 0.25) is 0 Å². The van der Waals surface area contributed by atoms with Crippen molar-refractivity contribution in [3.8, 4) is 0 Å². The Morgan fingerprint density at radius 3 is 2.83 bits per heavy atom. The number of piperidine rings is 1. The third-order valence-electron chi connectivity index (χ3n) is 2.17. The number of rotatable bonds is 3. The van der Waals surface area contributed by atoms with E-state index >= 15 is 0 Å². The normalized spacial score (nSPS) is 22.8. The first-order chi connectivity index (χ1) is 5.29. The Labute approximate surface area is 78.9 Å². The lowest BCUT2D eigenvalue weighted by Crippen LogP contribution is -2.29. The van der Waals surface area contributed by atoms with Crippen molar-refractivity contribution in [1.82, 2.24) is 5.32 Å². The number of halogens is 1. The Hall–Kier alpha value is -0.280. The fourth-order valence-electron chi connectivity index (χ4n) is 1.50. The van der Waals surface area contributed by atoms with Crippen LogP contribution in [-0.2, 0) is 4.79 Å². The second kappa shape index (κ2) is 6.26. The smallest absolute Gasteiger partial charge is 0.303 e. The Balaban J connectivity index is 0.00000121. The summed E-state index contributed by atoms with van der Waals surface area (Å²) >= 11 is 0. The summed E-state index contributed by atoms with van der Waals surface area (Å²) in [6, 6.07) is 0. The van der Waals surface area contributed by atoms with Crippen LogP contribution in [0.15, 0.2) is 0 Å². The van der Waals surface area contributed by atoms with Crippen molar-refractivity contribution in [1.29, 1.82) is 0 Å². The van der Waals surface area contributed by atoms with Crippen molar-refractivity contribution in [3.63, 3.8) is 0 Å². The number of hydrogen-bond acceptors (Lipinski definition) is 2. The van der Waals surface area contributed by atoms with Gasteiger partial charge in [-0.25, -0.2) is 0 Å². The van der Waals surface area contributed by atoms with E-state index in [1.807, 2.05) is 0 Å². The maximum atomic E-state index is 10.2. The molecular weight excluding hydrogens is 178 g/mol. The summed E-state index contributed by atoms with van der Waals surface area (Å²) < 4.78 is 0. The molecule has 0 amide bonds. The molecule has 12 heavy (non-hydrogen) atoms. The fourth-order valence-corrected chi connectivity index (χ4v) is 1.50. The molecular formula is C8H16ClNO2. The SMILES string of the molecule is Cl.O=C(O)CC[C@H]1CCCNC1. The van der Waals surface area contributed by atoms with Crippen LogP contribution in [-0.4, -0.2) is 24.2 Å². The van der Waals surface area contributed by atoms with Gasteiger partial charge in [0.25, 0.3) is 0 Å². The second-order valence-electron chi connectivity index (χ2n) is 3.14. The Kier molecular flexibility index (Phi) is 6.11. The molecule has 1 fully saturated rings. The average Bonchev–Trinajstić information content (AvgIpc) is 2.03. The first kappa shape index (κ1) is 11.7. The summed E-state index contributed by atoms with van der Waals surface area (Å²) in [5.74, 6) is -0.0737. The minimum atomic E-state index is -0.671. The summed E-state index contributed by atoms with van der Waals surface area (Å²) in [4.78, 5) is 10.2. The molecule has 1 heterocycles. The van der Waals surface area contributed by atoms with Crippen LogP contribution in [0.3, 0.4) is 0 Å². The van der Waals surface area contributed by atoms with Gasteiger partial charge in [-0.05, 0) is 38.3 Å². The third kappa shape index (κ3) is 4.57. The van der Waals surface area contributed by atoms with E-state index in [9.17, 15) is 4.79 Å². The zero-order chi connectivity index (χ0) is 8.10. The van der Waals surface area contributed by atoms with Gasteiger partial charge in [-0.2, -0.15) is 0 Å². The van der Waals surface area contributed by atoms with Gasteiger partial charge in [0.1, 0.15) is 0 Å². The molecule has 0 saturated carbocycles. The van der Waals surface area contributed by atoms with Crippen LogP contribution in [0.1, 0.15) is 25.7 Å². The van der Waals surface area contributed by atoms with Gasteiger partial charge in [-0.3, -0.25) is 4.79 Å². The number of nitrogens with one attached hydrogen (secondary N) is 1. The van der Waals surface area contributed by atoms with E-state index in [0.29, 0.717) is 12.3 Å². The predicted molar refractivity (Wildman–Crippen MR) is 49.7 cm³/mol. The molecule has 0 spiro atoms. The van der Waals surface area contributed by atoms with Crippen molar-refractivity contribution in [2.45, 2.75) is 25.7 Å². The van der Waals surface area contributed by atoms with Gasteiger partial charge in [0.05, 0.1) is 0 Å². The van der Waals surface area contributed by atoms with E-state index in [0.717, 1.165) is 19.5 Å². The highest BCUT2D eigenvalue weighted by Gasteiger charge is 2.13. The molecule has 2 N–H and O–H groups in total. The lowest BCUT2D eigenvalue weighted by atomic mass is 9.95. The second-order valence-corrected chi connectivity index (χ2v) is 3.14. The van der Waals surface area contributed by atoms with Crippen molar-refractivity contribution >= 4 is 18.4 Å². The average molecular weight is 194 g/mol. The van der Waals surface area contributed by atoms with E-state index in [1.54, 1.807) is 0 Å². The molecule has 4 heteroatoms. The number of carboxylic acid groups (broad SMARTS) is 1. The van der Waals surface area contributed by atoms with E-state index < -0.39 is 5.97 Å². The van der Waals surface area contributed by atoms with E-state index in [1.165, 1.54) is 12.8 Å². The van der Waals surface area contributed by atoms with Gasteiger partial charge in [-0.15, -0.1) is 12.4 Å². The largest absolute Gasteiger partial charge is 0.481 e. The van der Waals surface area contributed by atoms with Crippen molar-refractivity contribution in [2.24, 2.45) is 5.92 Å². The molecule has 1 atom stereocenters. The molecule has 1 aliphatic heterocycles. The van der Waals surface area contributed by atoms with Gasteiger partial charge < -0.3 is 10.4 Å². The molecule has 0 bridgehead atoms. The van der Waals surface area contributed by atoms with E-state index in [2.05, 4.69) is 5.32 Å². The van der Waals surface area contributed by atoms with E-state index in [-0.39, 0.29) is 12.4 Å². The van der Waals surface area contributed by atoms with Crippen LogP contribution in [0.25, 0.3) is 0 Å². The zero-order valence-electron chi connectivity index (χ0n) is 7.08. The number of aliphatic carboxylic acids is 1. The van der Waals surface area contributed by atoms with Crippen molar-refractivity contribution in [2.75, 3.05) is 13.1 Å². The van der Waals surface area contributed by atoms with Crippen molar-refractivity contribution in [3.05, 3.63) is 0 Å². The fraction of sp³-hybridized carbons (Fsp3) is 0.875. The van der Waals surface area contributed by atoms with Crippen LogP contribution in [0, 0.1) is 5.92 Å². The lowest BCUT2D eigenvalue weighted by Gasteiger charge is -2.21. The summed E-state index contributed by atoms with van der Waals surface area (Å²) in [5, 5.41) is 11.7. The summed E-state index contributed by atoms with van der Waals surface area (Å²) in [6.45, 7) is 2.11. The molecule has 1 aliphatic rings. The van der Waals surface area contributed by atoms with Crippen LogP contribution in [0.4, 0.5) is 0 Å². The maximum absolute atomic E-state index is 10.2. The highest BCUT2D eigenvalue weighted by molar-refractivity contribution is 5.85. The molecule has 0 aliphatic carbocycles. The lowest BCUT2D eigenvalue weighted by molar-refractivity contribution is -0.137. The number of carbonyl (C=O) groups is 1. The first-order valence-corrected chi connectivity index (χ1v) is 4.21. The zero-order valence-corrected chi connectivity index (χ0v) is 7.90. The first-order valence-electron chi connectivity index (χ1n) is 4.21. The van der Waals surface area contributed by atoms with E-state index in [4.69, 9.17) is 5.11 Å². The Morgan fingerprint density at radius 2 is 2.33 bits per heavy atom. The quantitative estimate of drug-likeness (QED) is 0.710. The van der Waals surface area contributed by atoms with Crippen LogP contribution >= 0.6 is 12.4 Å². The number of carboxylic acids is 1. The summed E-state index contributed by atoms with van der Waals surface area (Å²) in [5.41, 5.74) is 0. The number of hydrogen-bond donors (Lipinski definition) is 2. The summed E-state index contributed by atoms with van der Waals surface area (Å²) in [7, 11) is 0. The summed E-state index contributed by atoms with van der Waals surface area (Å²) in [6.07, 6.45) is 3.55. The van der Waals surface area contributed by atoms with Gasteiger partial charge in [0.15, 0.2) is 0 Å². The molecule has 3 nitrogen and oxygen atoms in total. The molecule has 0 radical (unpaired) electrons. The standard InChI is InChI=1S/C8H15NO2.ClH/c10-8(11)4-3-7-2-1-5-9-6-7;/h7,9H,1-6H2,(H,10,11);1H/t7-;/m1./s1. The monoisotopic (exact) mass is 193 g/mol. The third-order valence-corrected chi connectivity index (χ3v) is 2.17. The van der Waals surface area contributed by atoms with Gasteiger partial charge in [0, 0.05) is 6.42 Å². The predicted octanol–water partition coefficient (Wildman–Crippen LogP) is 1.27. The molecule has 0 aromatic rings. The van der Waals surface area contributed by atoms with Gasteiger partial charge in [-0.1, -0.05) is 0 Å². The topological polar surface area (TPSA) is 49.3 Å². The van der Waals surface area contributed by atoms with Gasteiger partial charge in [0.2, 0.25) is 0 Å². The van der Waals surface area contributed by atoms with Crippen LogP contribution < -0.4 is 5.32 Å². The molecule has 72 valence electrons. The van der Waals surface area contributed by atoms with Gasteiger partial charge >= 0.3 is 5.97 Å². The Bertz CT molecular complexity index is 135. The molecule has 0 unspecified atom stereocenters. The minimum absolute atomic E-state index is 0. The molecule has 1 rings (SSSR count). The molecule has 1 saturated heterocycles.